The molecule has 1 aromatic heterocycles. The Balaban J connectivity index is 1.80. The lowest BCUT2D eigenvalue weighted by Gasteiger charge is -2.08. The summed E-state index contributed by atoms with van der Waals surface area (Å²) in [6.45, 7) is 3.00. The van der Waals surface area contributed by atoms with Crippen molar-refractivity contribution in [1.82, 2.24) is 15.4 Å². The number of aromatic nitrogens is 2. The molecule has 0 aliphatic rings. The molecule has 1 N–H and O–H groups in total. The van der Waals surface area contributed by atoms with Crippen LogP contribution in [0.3, 0.4) is 0 Å². The van der Waals surface area contributed by atoms with E-state index in [9.17, 15) is 0 Å². The lowest BCUT2D eigenvalue weighted by atomic mass is 10.2. The summed E-state index contributed by atoms with van der Waals surface area (Å²) < 4.78 is 4.96. The zero-order valence-corrected chi connectivity index (χ0v) is 11.1. The Labute approximate surface area is 112 Å². The van der Waals surface area contributed by atoms with E-state index in [4.69, 9.17) is 9.57 Å². The molecule has 0 spiro atoms. The first-order valence-electron chi connectivity index (χ1n) is 6.04. The molecular weight excluding hydrogens is 242 g/mol. The van der Waals surface area contributed by atoms with Gasteiger partial charge in [0.15, 0.2) is 0 Å². The summed E-state index contributed by atoms with van der Waals surface area (Å²) >= 11 is 0. The molecule has 0 radical (unpaired) electrons. The number of hydrogen-bond acceptors (Lipinski definition) is 5. The van der Waals surface area contributed by atoms with Crippen LogP contribution in [0.15, 0.2) is 36.5 Å². The van der Waals surface area contributed by atoms with E-state index < -0.39 is 0 Å². The van der Waals surface area contributed by atoms with Crippen molar-refractivity contribution in [3.63, 3.8) is 0 Å². The molecule has 0 saturated carbocycles. The van der Waals surface area contributed by atoms with Gasteiger partial charge in [-0.15, -0.1) is 0 Å². The van der Waals surface area contributed by atoms with Crippen molar-refractivity contribution in [3.8, 4) is 6.01 Å². The van der Waals surface area contributed by atoms with E-state index in [1.54, 1.807) is 13.3 Å². The molecule has 2 aromatic rings. The van der Waals surface area contributed by atoms with Crippen LogP contribution in [0.25, 0.3) is 0 Å². The summed E-state index contributed by atoms with van der Waals surface area (Å²) in [4.78, 5) is 13.7. The summed E-state index contributed by atoms with van der Waals surface area (Å²) in [5.74, 6) is 0. The van der Waals surface area contributed by atoms with Crippen LogP contribution in [-0.4, -0.2) is 17.1 Å². The topological polar surface area (TPSA) is 56.3 Å². The minimum atomic E-state index is 0.381. The van der Waals surface area contributed by atoms with Crippen LogP contribution < -0.4 is 10.2 Å². The lowest BCUT2D eigenvalue weighted by molar-refractivity contribution is 0.0233. The zero-order chi connectivity index (χ0) is 13.5. The molecule has 0 bridgehead atoms. The highest BCUT2D eigenvalue weighted by atomic mass is 16.6. The quantitative estimate of drug-likeness (QED) is 0.635. The number of nitrogens with one attached hydrogen (secondary N) is 1. The molecule has 0 atom stereocenters. The third-order valence-corrected chi connectivity index (χ3v) is 2.69. The van der Waals surface area contributed by atoms with Gasteiger partial charge in [0.1, 0.15) is 0 Å². The van der Waals surface area contributed by atoms with Crippen LogP contribution in [-0.2, 0) is 18.0 Å². The molecule has 0 aliphatic heterocycles. The molecule has 0 amide bonds. The monoisotopic (exact) mass is 259 g/mol. The van der Waals surface area contributed by atoms with Crippen molar-refractivity contribution in [3.05, 3.63) is 53.3 Å². The molecule has 0 fully saturated rings. The lowest BCUT2D eigenvalue weighted by Crippen LogP contribution is -2.15. The van der Waals surface area contributed by atoms with E-state index in [2.05, 4.69) is 15.4 Å². The van der Waals surface area contributed by atoms with Crippen molar-refractivity contribution in [1.29, 1.82) is 0 Å². The Kier molecular flexibility index (Phi) is 4.83. The third-order valence-electron chi connectivity index (χ3n) is 2.69. The maximum atomic E-state index is 5.40. The Hall–Kier alpha value is -1.98. The summed E-state index contributed by atoms with van der Waals surface area (Å²) in [5.41, 5.74) is 5.89. The van der Waals surface area contributed by atoms with Crippen molar-refractivity contribution in [2.75, 3.05) is 7.11 Å². The van der Waals surface area contributed by atoms with Gasteiger partial charge in [-0.1, -0.05) is 30.3 Å². The largest absolute Gasteiger partial charge is 0.467 e. The number of benzene rings is 1. The first kappa shape index (κ1) is 13.5. The molecule has 0 saturated heterocycles. The molecule has 5 heteroatoms. The second-order valence-electron chi connectivity index (χ2n) is 4.06. The number of hydrogen-bond donors (Lipinski definition) is 1. The highest BCUT2D eigenvalue weighted by molar-refractivity contribution is 5.17. The van der Waals surface area contributed by atoms with Crippen LogP contribution in [0.1, 0.15) is 16.8 Å². The van der Waals surface area contributed by atoms with Gasteiger partial charge in [0.25, 0.3) is 0 Å². The molecule has 1 aromatic carbocycles. The normalized spacial score (nSPS) is 10.4. The summed E-state index contributed by atoms with van der Waals surface area (Å²) in [5, 5.41) is 0. The highest BCUT2D eigenvalue weighted by Gasteiger charge is 2.03. The number of methoxy groups -OCH3 is 1. The minimum absolute atomic E-state index is 0.381. The number of ether oxygens (including phenoxy) is 1. The highest BCUT2D eigenvalue weighted by Crippen LogP contribution is 2.08. The molecule has 100 valence electrons. The molecule has 0 unspecified atom stereocenters. The van der Waals surface area contributed by atoms with E-state index in [0.29, 0.717) is 19.2 Å². The van der Waals surface area contributed by atoms with E-state index in [1.807, 2.05) is 37.3 Å². The second-order valence-corrected chi connectivity index (χ2v) is 4.06. The van der Waals surface area contributed by atoms with Gasteiger partial charge in [-0.25, -0.2) is 9.97 Å². The third kappa shape index (κ3) is 4.01. The van der Waals surface area contributed by atoms with Crippen LogP contribution in [0.4, 0.5) is 0 Å². The summed E-state index contributed by atoms with van der Waals surface area (Å²) in [7, 11) is 1.55. The number of aryl methyl sites for hydroxylation is 1. The molecular formula is C14H17N3O2. The number of hydroxylamine groups is 1. The second kappa shape index (κ2) is 6.82. The van der Waals surface area contributed by atoms with Crippen LogP contribution in [0, 0.1) is 6.92 Å². The standard InChI is InChI=1S/C14H17N3O2/c1-11-13(8-15-14(17-11)18-2)9-16-19-10-12-6-4-3-5-7-12/h3-8,16H,9-10H2,1-2H3. The fraction of sp³-hybridized carbons (Fsp3) is 0.286. The first-order valence-corrected chi connectivity index (χ1v) is 6.04. The van der Waals surface area contributed by atoms with Crippen molar-refractivity contribution in [2.24, 2.45) is 0 Å². The van der Waals surface area contributed by atoms with E-state index >= 15 is 0 Å². The van der Waals surface area contributed by atoms with Crippen molar-refractivity contribution in [2.45, 2.75) is 20.1 Å². The Morgan fingerprint density at radius 2 is 2.00 bits per heavy atom. The number of rotatable bonds is 6. The van der Waals surface area contributed by atoms with Crippen LogP contribution in [0.5, 0.6) is 6.01 Å². The van der Waals surface area contributed by atoms with Crippen LogP contribution in [0.2, 0.25) is 0 Å². The first-order chi connectivity index (χ1) is 9.29. The molecule has 5 nitrogen and oxygen atoms in total. The predicted octanol–water partition coefficient (Wildman–Crippen LogP) is 2.02. The maximum absolute atomic E-state index is 5.40. The molecule has 2 rings (SSSR count). The molecule has 19 heavy (non-hydrogen) atoms. The van der Waals surface area contributed by atoms with Gasteiger partial charge in [0.05, 0.1) is 13.7 Å². The smallest absolute Gasteiger partial charge is 0.316 e. The van der Waals surface area contributed by atoms with E-state index in [1.165, 1.54) is 0 Å². The fourth-order valence-corrected chi connectivity index (χ4v) is 1.58. The average Bonchev–Trinajstić information content (AvgIpc) is 2.46. The zero-order valence-electron chi connectivity index (χ0n) is 11.1. The van der Waals surface area contributed by atoms with Crippen LogP contribution >= 0.6 is 0 Å². The Morgan fingerprint density at radius 1 is 1.21 bits per heavy atom. The summed E-state index contributed by atoms with van der Waals surface area (Å²) in [6, 6.07) is 10.4. The number of nitrogens with zero attached hydrogens (tertiary/aromatic N) is 2. The average molecular weight is 259 g/mol. The fourth-order valence-electron chi connectivity index (χ4n) is 1.58. The Morgan fingerprint density at radius 3 is 2.68 bits per heavy atom. The van der Waals surface area contributed by atoms with Gasteiger partial charge in [-0.2, -0.15) is 5.48 Å². The van der Waals surface area contributed by atoms with Gasteiger partial charge in [0.2, 0.25) is 0 Å². The van der Waals surface area contributed by atoms with Gasteiger partial charge in [0, 0.05) is 24.0 Å². The SMILES string of the molecule is COc1ncc(CNOCc2ccccc2)c(C)n1. The van der Waals surface area contributed by atoms with Gasteiger partial charge < -0.3 is 4.74 Å². The van der Waals surface area contributed by atoms with E-state index in [-0.39, 0.29) is 0 Å². The van der Waals surface area contributed by atoms with Gasteiger partial charge >= 0.3 is 6.01 Å². The Bertz CT molecular complexity index is 517. The maximum Gasteiger partial charge on any atom is 0.316 e. The van der Waals surface area contributed by atoms with E-state index in [0.717, 1.165) is 16.8 Å². The van der Waals surface area contributed by atoms with Crippen molar-refractivity contribution >= 4 is 0 Å². The minimum Gasteiger partial charge on any atom is -0.467 e. The summed E-state index contributed by atoms with van der Waals surface area (Å²) in [6.07, 6.45) is 1.74. The molecule has 0 aliphatic carbocycles. The van der Waals surface area contributed by atoms with Gasteiger partial charge in [-0.05, 0) is 12.5 Å². The molecule has 1 heterocycles. The van der Waals surface area contributed by atoms with Crippen molar-refractivity contribution < 1.29 is 9.57 Å². The predicted molar refractivity (Wildman–Crippen MR) is 71.4 cm³/mol. The van der Waals surface area contributed by atoms with Gasteiger partial charge in [-0.3, -0.25) is 4.84 Å².